The van der Waals surface area contributed by atoms with Crippen molar-refractivity contribution in [2.75, 3.05) is 30.9 Å². The lowest BCUT2D eigenvalue weighted by Crippen LogP contribution is -2.05. The molecule has 0 N–H and O–H groups in total. The first-order valence-corrected chi connectivity index (χ1v) is 4.59. The smallest absolute Gasteiger partial charge is 0.107 e. The van der Waals surface area contributed by atoms with Gasteiger partial charge < -0.3 is 9.47 Å². The molecule has 3 heteroatoms. The fourth-order valence-electron chi connectivity index (χ4n) is 0.406. The molecule has 0 saturated heterocycles. The van der Waals surface area contributed by atoms with Crippen molar-refractivity contribution in [3.63, 3.8) is 0 Å². The van der Waals surface area contributed by atoms with E-state index in [2.05, 4.69) is 28.5 Å². The van der Waals surface area contributed by atoms with Crippen LogP contribution < -0.4 is 0 Å². The number of hydrogen-bond donors (Lipinski definition) is 0. The largest absolute Gasteiger partial charge is 0.378 e. The summed E-state index contributed by atoms with van der Waals surface area (Å²) in [4.78, 5) is 0. The molecule has 0 aromatic heterocycles. The summed E-state index contributed by atoms with van der Waals surface area (Å²) in [5.41, 5.74) is 0. The predicted molar refractivity (Wildman–Crippen MR) is 49.4 cm³/mol. The van der Waals surface area contributed by atoms with E-state index >= 15 is 0 Å². The van der Waals surface area contributed by atoms with Gasteiger partial charge in [0.15, 0.2) is 0 Å². The Morgan fingerprint density at radius 1 is 1.20 bits per heavy atom. The summed E-state index contributed by atoms with van der Waals surface area (Å²) < 4.78 is 11.1. The minimum atomic E-state index is 0.383. The maximum absolute atomic E-state index is 5.13. The van der Waals surface area contributed by atoms with Gasteiger partial charge in [0.25, 0.3) is 0 Å². The van der Waals surface area contributed by atoms with Crippen LogP contribution in [0.1, 0.15) is 0 Å². The Balaban J connectivity index is 2.72. The van der Waals surface area contributed by atoms with Crippen LogP contribution in [-0.4, -0.2) is 30.9 Å². The molecule has 0 amide bonds. The molecular weight excluding hydrogens is 243 g/mol. The molecule has 0 heterocycles. The van der Waals surface area contributed by atoms with Gasteiger partial charge in [-0.1, -0.05) is 28.5 Å². The van der Waals surface area contributed by atoms with Gasteiger partial charge in [0, 0.05) is 4.43 Å². The van der Waals surface area contributed by atoms with E-state index in [1.54, 1.807) is 0 Å². The second-order valence-electron chi connectivity index (χ2n) is 1.56. The van der Waals surface area contributed by atoms with Crippen molar-refractivity contribution in [3.05, 3.63) is 0 Å². The zero-order chi connectivity index (χ0) is 7.66. The normalized spacial score (nSPS) is 9.20. The van der Waals surface area contributed by atoms with Crippen molar-refractivity contribution in [2.24, 2.45) is 0 Å². The van der Waals surface area contributed by atoms with Crippen molar-refractivity contribution in [2.45, 2.75) is 0 Å². The van der Waals surface area contributed by atoms with Crippen LogP contribution >= 0.6 is 22.6 Å². The minimum Gasteiger partial charge on any atom is -0.378 e. The fraction of sp³-hybridized carbons (Fsp3) is 0.714. The second-order valence-corrected chi connectivity index (χ2v) is 2.64. The lowest BCUT2D eigenvalue weighted by molar-refractivity contribution is 0.0681. The third kappa shape index (κ3) is 8.21. The van der Waals surface area contributed by atoms with E-state index in [0.717, 1.165) is 11.0 Å². The summed E-state index contributed by atoms with van der Waals surface area (Å²) in [6.45, 7) is 2.42. The third-order valence-electron chi connectivity index (χ3n) is 0.779. The molecule has 0 aliphatic carbocycles. The van der Waals surface area contributed by atoms with Crippen LogP contribution in [0.15, 0.2) is 0 Å². The van der Waals surface area contributed by atoms with Gasteiger partial charge in [-0.25, -0.2) is 0 Å². The summed E-state index contributed by atoms with van der Waals surface area (Å²) >= 11 is 2.26. The van der Waals surface area contributed by atoms with Crippen LogP contribution in [0.5, 0.6) is 0 Å². The van der Waals surface area contributed by atoms with E-state index in [9.17, 15) is 0 Å². The van der Waals surface area contributed by atoms with Crippen LogP contribution in [0.25, 0.3) is 0 Å². The number of rotatable bonds is 6. The van der Waals surface area contributed by atoms with Gasteiger partial charge in [-0.15, -0.1) is 6.42 Å². The maximum Gasteiger partial charge on any atom is 0.107 e. The van der Waals surface area contributed by atoms with Gasteiger partial charge in [-0.3, -0.25) is 0 Å². The van der Waals surface area contributed by atoms with Crippen molar-refractivity contribution in [1.29, 1.82) is 0 Å². The van der Waals surface area contributed by atoms with E-state index in [-0.39, 0.29) is 0 Å². The third-order valence-corrected chi connectivity index (χ3v) is 1.22. The molecule has 58 valence electrons. The first kappa shape index (κ1) is 10.2. The topological polar surface area (TPSA) is 18.5 Å². The van der Waals surface area contributed by atoms with Crippen molar-refractivity contribution in [3.8, 4) is 12.3 Å². The van der Waals surface area contributed by atoms with Crippen molar-refractivity contribution >= 4 is 22.6 Å². The lowest BCUT2D eigenvalue weighted by atomic mass is 10.7. The summed E-state index contributed by atoms with van der Waals surface area (Å²) in [5.74, 6) is 2.38. The molecule has 10 heavy (non-hydrogen) atoms. The highest BCUT2D eigenvalue weighted by atomic mass is 127. The van der Waals surface area contributed by atoms with Crippen LogP contribution in [0.3, 0.4) is 0 Å². The van der Waals surface area contributed by atoms with Crippen LogP contribution in [0, 0.1) is 12.3 Å². The van der Waals surface area contributed by atoms with Crippen LogP contribution in [0.4, 0.5) is 0 Å². The van der Waals surface area contributed by atoms with Crippen molar-refractivity contribution in [1.82, 2.24) is 0 Å². The Bertz CT molecular complexity index is 98.3. The average Bonchev–Trinajstić information content (AvgIpc) is 1.97. The monoisotopic (exact) mass is 254 g/mol. The standard InChI is InChI=1S/C7H11IO2/c1-2-4-9-6-7-10-5-3-8/h1H,3-7H2. The molecule has 0 atom stereocenters. The Hall–Kier alpha value is 0.210. The van der Waals surface area contributed by atoms with Crippen molar-refractivity contribution < 1.29 is 9.47 Å². The van der Waals surface area contributed by atoms with E-state index < -0.39 is 0 Å². The number of halogens is 1. The molecule has 0 radical (unpaired) electrons. The molecule has 0 spiro atoms. The molecule has 0 bridgehead atoms. The van der Waals surface area contributed by atoms with E-state index in [1.165, 1.54) is 0 Å². The molecule has 0 aromatic carbocycles. The summed E-state index contributed by atoms with van der Waals surface area (Å²) in [7, 11) is 0. The van der Waals surface area contributed by atoms with Gasteiger partial charge in [-0.2, -0.15) is 0 Å². The van der Waals surface area contributed by atoms with Gasteiger partial charge in [-0.05, 0) is 0 Å². The van der Waals surface area contributed by atoms with E-state index in [1.807, 2.05) is 0 Å². The van der Waals surface area contributed by atoms with Gasteiger partial charge in [0.05, 0.1) is 19.8 Å². The Morgan fingerprint density at radius 2 is 1.90 bits per heavy atom. The lowest BCUT2D eigenvalue weighted by Gasteiger charge is -2.00. The zero-order valence-electron chi connectivity index (χ0n) is 5.81. The number of terminal acetylenes is 1. The number of hydrogen-bond acceptors (Lipinski definition) is 2. The van der Waals surface area contributed by atoms with Gasteiger partial charge in [0.2, 0.25) is 0 Å². The summed E-state index contributed by atoms with van der Waals surface area (Å²) in [6, 6.07) is 0. The quantitative estimate of drug-likeness (QED) is 0.306. The molecule has 0 saturated carbocycles. The highest BCUT2D eigenvalue weighted by molar-refractivity contribution is 14.1. The van der Waals surface area contributed by atoms with E-state index in [4.69, 9.17) is 15.9 Å². The first-order chi connectivity index (χ1) is 4.91. The summed E-state index contributed by atoms with van der Waals surface area (Å²) in [6.07, 6.45) is 4.95. The SMILES string of the molecule is C#CCOCCOCCI. The number of alkyl halides is 1. The second kappa shape index (κ2) is 9.21. The molecule has 0 aliphatic heterocycles. The summed E-state index contributed by atoms with van der Waals surface area (Å²) in [5, 5.41) is 0. The zero-order valence-corrected chi connectivity index (χ0v) is 7.96. The van der Waals surface area contributed by atoms with E-state index in [0.29, 0.717) is 19.8 Å². The molecular formula is C7H11IO2. The minimum absolute atomic E-state index is 0.383. The molecule has 0 aliphatic rings. The molecule has 2 nitrogen and oxygen atoms in total. The molecule has 0 rings (SSSR count). The van der Waals surface area contributed by atoms with Gasteiger partial charge >= 0.3 is 0 Å². The van der Waals surface area contributed by atoms with Crippen LogP contribution in [0.2, 0.25) is 0 Å². The highest BCUT2D eigenvalue weighted by Crippen LogP contribution is 1.82. The molecule has 0 aromatic rings. The number of ether oxygens (including phenoxy) is 2. The maximum atomic E-state index is 5.13. The Kier molecular flexibility index (Phi) is 9.40. The highest BCUT2D eigenvalue weighted by Gasteiger charge is 1.85. The van der Waals surface area contributed by atoms with Crippen LogP contribution in [-0.2, 0) is 9.47 Å². The Morgan fingerprint density at radius 3 is 2.50 bits per heavy atom. The fourth-order valence-corrected chi connectivity index (χ4v) is 0.717. The van der Waals surface area contributed by atoms with Gasteiger partial charge in [0.1, 0.15) is 6.61 Å². The Labute approximate surface area is 75.4 Å². The predicted octanol–water partition coefficient (Wildman–Crippen LogP) is 1.09. The molecule has 0 unspecified atom stereocenters. The molecule has 0 fully saturated rings. The average molecular weight is 254 g/mol. The first-order valence-electron chi connectivity index (χ1n) is 3.06.